The number of rotatable bonds is 15. The van der Waals surface area contributed by atoms with Crippen molar-refractivity contribution < 1.29 is 33.9 Å². The van der Waals surface area contributed by atoms with Gasteiger partial charge in [-0.25, -0.2) is 4.79 Å². The highest BCUT2D eigenvalue weighted by atomic mass is 16.4. The molecule has 0 aromatic heterocycles. The zero-order valence-electron chi connectivity index (χ0n) is 20.2. The second kappa shape index (κ2) is 14.4. The fourth-order valence-electron chi connectivity index (χ4n) is 3.27. The van der Waals surface area contributed by atoms with E-state index in [4.69, 9.17) is 17.2 Å². The molecule has 1 aromatic carbocycles. The first kappa shape index (κ1) is 30.0. The van der Waals surface area contributed by atoms with Crippen LogP contribution in [0.25, 0.3) is 0 Å². The summed E-state index contributed by atoms with van der Waals surface area (Å²) in [5.41, 5.74) is 16.5. The molecule has 5 unspecified atom stereocenters. The summed E-state index contributed by atoms with van der Waals surface area (Å²) in [6.45, 7) is 3.43. The summed E-state index contributed by atoms with van der Waals surface area (Å²) < 4.78 is 0. The van der Waals surface area contributed by atoms with Crippen molar-refractivity contribution in [3.8, 4) is 0 Å². The number of nitrogens with two attached hydrogens (primary N) is 3. The van der Waals surface area contributed by atoms with Crippen molar-refractivity contribution in [1.82, 2.24) is 16.0 Å². The summed E-state index contributed by atoms with van der Waals surface area (Å²) in [5.74, 6) is -6.05. The minimum atomic E-state index is -1.49. The average molecular weight is 507 g/mol. The van der Waals surface area contributed by atoms with Crippen LogP contribution >= 0.6 is 0 Å². The minimum absolute atomic E-state index is 0.0151. The lowest BCUT2D eigenvalue weighted by Crippen LogP contribution is -2.59. The van der Waals surface area contributed by atoms with Gasteiger partial charge in [0, 0.05) is 6.42 Å². The van der Waals surface area contributed by atoms with Gasteiger partial charge in [0.15, 0.2) is 0 Å². The van der Waals surface area contributed by atoms with Gasteiger partial charge < -0.3 is 38.3 Å². The monoisotopic (exact) mass is 506 g/mol. The third-order valence-electron chi connectivity index (χ3n) is 5.49. The van der Waals surface area contributed by atoms with Crippen molar-refractivity contribution in [3.05, 3.63) is 35.9 Å². The Labute approximate surface area is 208 Å². The van der Waals surface area contributed by atoms with Crippen LogP contribution < -0.4 is 33.2 Å². The van der Waals surface area contributed by atoms with E-state index >= 15 is 0 Å². The fraction of sp³-hybridized carbons (Fsp3) is 0.478. The maximum atomic E-state index is 13.0. The zero-order chi connectivity index (χ0) is 27.4. The Bertz CT molecular complexity index is 956. The van der Waals surface area contributed by atoms with Crippen molar-refractivity contribution in [2.45, 2.75) is 63.7 Å². The van der Waals surface area contributed by atoms with Crippen LogP contribution in [-0.2, 0) is 35.2 Å². The molecule has 0 fully saturated rings. The van der Waals surface area contributed by atoms with Gasteiger partial charge in [0.05, 0.1) is 18.9 Å². The Morgan fingerprint density at radius 2 is 1.39 bits per heavy atom. The molecule has 36 heavy (non-hydrogen) atoms. The molecule has 0 bridgehead atoms. The topological polar surface area (TPSA) is 237 Å². The second-order valence-electron chi connectivity index (χ2n) is 8.47. The summed E-state index contributed by atoms with van der Waals surface area (Å²) in [6, 6.07) is 3.37. The number of carboxylic acids is 1. The number of hydrogen-bond acceptors (Lipinski definition) is 7. The molecule has 0 aliphatic rings. The summed E-state index contributed by atoms with van der Waals surface area (Å²) in [7, 11) is 0. The molecule has 10 N–H and O–H groups in total. The Balaban J connectivity index is 3.04. The lowest BCUT2D eigenvalue weighted by molar-refractivity contribution is -0.142. The van der Waals surface area contributed by atoms with Crippen LogP contribution in [0.15, 0.2) is 30.3 Å². The van der Waals surface area contributed by atoms with Crippen molar-refractivity contribution in [1.29, 1.82) is 0 Å². The molecule has 0 aliphatic carbocycles. The molecule has 198 valence electrons. The Hall–Kier alpha value is -4.00. The number of carboxylic acid groups (broad SMARTS) is 1. The standard InChI is InChI=1S/C23H34N6O7/c1-3-12(2)19(22(34)28-16(23(35)36)9-13-7-5-4-6-8-13)29-21(33)15(11-18(26)31)27-20(32)14(24)10-17(25)30/h4-8,12,14-16,19H,3,9-11,24H2,1-2H3,(H2,25,30)(H2,26,31)(H,27,32)(H,28,34)(H,29,33)(H,35,36). The molecule has 0 saturated carbocycles. The maximum Gasteiger partial charge on any atom is 0.326 e. The number of primary amides is 2. The van der Waals surface area contributed by atoms with Gasteiger partial charge in [-0.15, -0.1) is 0 Å². The van der Waals surface area contributed by atoms with Crippen molar-refractivity contribution in [2.75, 3.05) is 0 Å². The molecule has 1 aromatic rings. The molecule has 13 heteroatoms. The van der Waals surface area contributed by atoms with Crippen LogP contribution in [0.2, 0.25) is 0 Å². The number of benzene rings is 1. The molecule has 0 radical (unpaired) electrons. The van der Waals surface area contributed by atoms with E-state index in [1.54, 1.807) is 44.2 Å². The predicted octanol–water partition coefficient (Wildman–Crippen LogP) is -2.11. The third-order valence-corrected chi connectivity index (χ3v) is 5.49. The van der Waals surface area contributed by atoms with Crippen molar-refractivity contribution >= 4 is 35.5 Å². The number of nitrogens with one attached hydrogen (secondary N) is 3. The number of carbonyl (C=O) groups excluding carboxylic acids is 5. The van der Waals surface area contributed by atoms with Crippen LogP contribution in [0.1, 0.15) is 38.7 Å². The number of carbonyl (C=O) groups is 6. The highest BCUT2D eigenvalue weighted by Gasteiger charge is 2.33. The van der Waals surface area contributed by atoms with E-state index in [9.17, 15) is 33.9 Å². The average Bonchev–Trinajstić information content (AvgIpc) is 2.80. The van der Waals surface area contributed by atoms with Gasteiger partial charge in [-0.2, -0.15) is 0 Å². The van der Waals surface area contributed by atoms with Crippen LogP contribution in [0.3, 0.4) is 0 Å². The predicted molar refractivity (Wildman–Crippen MR) is 129 cm³/mol. The molecule has 5 amide bonds. The van der Waals surface area contributed by atoms with Gasteiger partial charge >= 0.3 is 5.97 Å². The van der Waals surface area contributed by atoms with Crippen molar-refractivity contribution in [3.63, 3.8) is 0 Å². The van der Waals surface area contributed by atoms with E-state index in [1.807, 2.05) is 0 Å². The Morgan fingerprint density at radius 3 is 1.89 bits per heavy atom. The molecular weight excluding hydrogens is 472 g/mol. The first-order chi connectivity index (χ1) is 16.8. The lowest BCUT2D eigenvalue weighted by Gasteiger charge is -2.28. The summed E-state index contributed by atoms with van der Waals surface area (Å²) in [5, 5.41) is 16.7. The van der Waals surface area contributed by atoms with E-state index in [-0.39, 0.29) is 6.42 Å². The number of hydrogen-bond donors (Lipinski definition) is 7. The molecule has 0 aliphatic heterocycles. The van der Waals surface area contributed by atoms with Gasteiger partial charge in [0.2, 0.25) is 29.5 Å². The molecule has 5 atom stereocenters. The van der Waals surface area contributed by atoms with Crippen LogP contribution in [0, 0.1) is 5.92 Å². The molecular formula is C23H34N6O7. The first-order valence-corrected chi connectivity index (χ1v) is 11.4. The van der Waals surface area contributed by atoms with E-state index in [0.29, 0.717) is 12.0 Å². The highest BCUT2D eigenvalue weighted by molar-refractivity contribution is 5.97. The lowest BCUT2D eigenvalue weighted by atomic mass is 9.96. The second-order valence-corrected chi connectivity index (χ2v) is 8.47. The van der Waals surface area contributed by atoms with Gasteiger partial charge in [-0.05, 0) is 11.5 Å². The van der Waals surface area contributed by atoms with Gasteiger partial charge in [-0.3, -0.25) is 24.0 Å². The van der Waals surface area contributed by atoms with Crippen LogP contribution in [0.4, 0.5) is 0 Å². The third kappa shape index (κ3) is 10.1. The number of aliphatic carboxylic acids is 1. The van der Waals surface area contributed by atoms with Gasteiger partial charge in [0.25, 0.3) is 0 Å². The summed E-state index contributed by atoms with van der Waals surface area (Å²) in [6.07, 6.45) is -0.652. The smallest absolute Gasteiger partial charge is 0.326 e. The maximum absolute atomic E-state index is 13.0. The highest BCUT2D eigenvalue weighted by Crippen LogP contribution is 2.11. The van der Waals surface area contributed by atoms with Crippen molar-refractivity contribution in [2.24, 2.45) is 23.1 Å². The SMILES string of the molecule is CCC(C)C(NC(=O)C(CC(N)=O)NC(=O)C(N)CC(N)=O)C(=O)NC(Cc1ccccc1)C(=O)O. The van der Waals surface area contributed by atoms with E-state index in [0.717, 1.165) is 0 Å². The largest absolute Gasteiger partial charge is 0.480 e. The van der Waals surface area contributed by atoms with Gasteiger partial charge in [-0.1, -0.05) is 50.6 Å². The molecule has 13 nitrogen and oxygen atoms in total. The van der Waals surface area contributed by atoms with E-state index in [2.05, 4.69) is 16.0 Å². The normalized spacial score (nSPS) is 14.9. The Morgan fingerprint density at radius 1 is 0.833 bits per heavy atom. The number of amides is 5. The first-order valence-electron chi connectivity index (χ1n) is 11.4. The summed E-state index contributed by atoms with van der Waals surface area (Å²) in [4.78, 5) is 72.5. The zero-order valence-corrected chi connectivity index (χ0v) is 20.2. The van der Waals surface area contributed by atoms with Crippen LogP contribution in [0.5, 0.6) is 0 Å². The van der Waals surface area contributed by atoms with E-state index in [1.165, 1.54) is 0 Å². The molecule has 0 heterocycles. The van der Waals surface area contributed by atoms with Gasteiger partial charge in [0.1, 0.15) is 18.1 Å². The summed E-state index contributed by atoms with van der Waals surface area (Å²) >= 11 is 0. The molecule has 0 spiro atoms. The molecule has 1 rings (SSSR count). The van der Waals surface area contributed by atoms with Crippen LogP contribution in [-0.4, -0.2) is 64.8 Å². The minimum Gasteiger partial charge on any atom is -0.480 e. The van der Waals surface area contributed by atoms with E-state index < -0.39 is 78.4 Å². The fourth-order valence-corrected chi connectivity index (χ4v) is 3.27. The molecule has 0 saturated heterocycles. The Kier molecular flexibility index (Phi) is 12.0. The quantitative estimate of drug-likeness (QED) is 0.139.